The second-order valence-electron chi connectivity index (χ2n) is 4.11. The Hall–Kier alpha value is -2.15. The van der Waals surface area contributed by atoms with E-state index >= 15 is 0 Å². The first-order valence-corrected chi connectivity index (χ1v) is 7.05. The van der Waals surface area contributed by atoms with Crippen LogP contribution in [0.4, 0.5) is 5.95 Å². The summed E-state index contributed by atoms with van der Waals surface area (Å²) in [6.07, 6.45) is 1.33. The fraction of sp³-hybridized carbons (Fsp3) is 0.231. The number of hydrogen-bond acceptors (Lipinski definition) is 6. The monoisotopic (exact) mass is 289 g/mol. The summed E-state index contributed by atoms with van der Waals surface area (Å²) in [4.78, 5) is 23.4. The molecule has 1 amide bonds. The summed E-state index contributed by atoms with van der Waals surface area (Å²) in [5.74, 6) is 0.312. The van der Waals surface area contributed by atoms with Gasteiger partial charge in [0.05, 0.1) is 11.8 Å². The molecule has 1 heterocycles. The van der Waals surface area contributed by atoms with Crippen molar-refractivity contribution in [2.75, 3.05) is 11.5 Å². The normalized spacial score (nSPS) is 11.8. The van der Waals surface area contributed by atoms with Crippen LogP contribution in [0.1, 0.15) is 18.5 Å². The average molecular weight is 289 g/mol. The molecule has 20 heavy (non-hydrogen) atoms. The lowest BCUT2D eigenvalue weighted by atomic mass is 10.1. The van der Waals surface area contributed by atoms with E-state index in [-0.39, 0.29) is 23.7 Å². The lowest BCUT2D eigenvalue weighted by molar-refractivity contribution is -0.119. The van der Waals surface area contributed by atoms with E-state index < -0.39 is 0 Å². The minimum Gasteiger partial charge on any atom is -0.368 e. The standard InChI is InChI=1S/C13H15N5OS/c1-9(10-5-3-2-4-6-10)17-11(19)7-20-13-16-8-15-12(14)18-13/h2-6,8-9H,7H2,1H3,(H,17,19)(H2,14,15,16,18). The van der Waals surface area contributed by atoms with E-state index in [1.54, 1.807) is 0 Å². The second-order valence-corrected chi connectivity index (χ2v) is 5.06. The van der Waals surface area contributed by atoms with Gasteiger partial charge >= 0.3 is 0 Å². The number of nitrogens with two attached hydrogens (primary N) is 1. The van der Waals surface area contributed by atoms with E-state index in [2.05, 4.69) is 20.3 Å². The number of nitrogens with one attached hydrogen (secondary N) is 1. The maximum absolute atomic E-state index is 11.9. The van der Waals surface area contributed by atoms with Crippen molar-refractivity contribution in [1.29, 1.82) is 0 Å². The second kappa shape index (κ2) is 6.85. The van der Waals surface area contributed by atoms with Gasteiger partial charge in [0.2, 0.25) is 11.9 Å². The smallest absolute Gasteiger partial charge is 0.230 e. The number of nitrogen functional groups attached to an aromatic ring is 1. The van der Waals surface area contributed by atoms with Crippen molar-refractivity contribution in [3.05, 3.63) is 42.2 Å². The molecule has 0 aliphatic rings. The van der Waals surface area contributed by atoms with Crippen molar-refractivity contribution >= 4 is 23.6 Å². The van der Waals surface area contributed by atoms with Crippen LogP contribution in [0.5, 0.6) is 0 Å². The summed E-state index contributed by atoms with van der Waals surface area (Å²) in [7, 11) is 0. The van der Waals surface area contributed by atoms with E-state index in [1.165, 1.54) is 18.1 Å². The predicted molar refractivity (Wildman–Crippen MR) is 78.0 cm³/mol. The van der Waals surface area contributed by atoms with Crippen LogP contribution in [0.3, 0.4) is 0 Å². The molecule has 1 unspecified atom stereocenters. The summed E-state index contributed by atoms with van der Waals surface area (Å²) < 4.78 is 0. The van der Waals surface area contributed by atoms with Crippen molar-refractivity contribution in [3.8, 4) is 0 Å². The minimum atomic E-state index is -0.0784. The van der Waals surface area contributed by atoms with Crippen LogP contribution in [0.15, 0.2) is 41.8 Å². The van der Waals surface area contributed by atoms with Gasteiger partial charge in [0, 0.05) is 0 Å². The van der Waals surface area contributed by atoms with Gasteiger partial charge < -0.3 is 11.1 Å². The van der Waals surface area contributed by atoms with Gasteiger partial charge in [-0.1, -0.05) is 42.1 Å². The van der Waals surface area contributed by atoms with Crippen molar-refractivity contribution in [2.45, 2.75) is 18.1 Å². The minimum absolute atomic E-state index is 0.0345. The van der Waals surface area contributed by atoms with Gasteiger partial charge in [-0.3, -0.25) is 4.79 Å². The van der Waals surface area contributed by atoms with Crippen LogP contribution >= 0.6 is 11.8 Å². The molecule has 0 aliphatic heterocycles. The molecule has 3 N–H and O–H groups in total. The number of carbonyl (C=O) groups is 1. The number of carbonyl (C=O) groups excluding carboxylic acids is 1. The van der Waals surface area contributed by atoms with Crippen molar-refractivity contribution in [2.24, 2.45) is 0 Å². The van der Waals surface area contributed by atoms with E-state index in [0.29, 0.717) is 5.16 Å². The summed E-state index contributed by atoms with van der Waals surface area (Å²) in [6, 6.07) is 9.75. The van der Waals surface area contributed by atoms with E-state index in [1.807, 2.05) is 37.3 Å². The Balaban J connectivity index is 1.84. The SMILES string of the molecule is CC(NC(=O)CSc1ncnc(N)n1)c1ccccc1. The first-order chi connectivity index (χ1) is 9.65. The molecule has 0 saturated heterocycles. The van der Waals surface area contributed by atoms with Crippen molar-refractivity contribution in [1.82, 2.24) is 20.3 Å². The highest BCUT2D eigenvalue weighted by Crippen LogP contribution is 2.14. The maximum atomic E-state index is 11.9. The number of nitrogens with zero attached hydrogens (tertiary/aromatic N) is 3. The van der Waals surface area contributed by atoms with Crippen LogP contribution < -0.4 is 11.1 Å². The Bertz CT molecular complexity index is 578. The number of hydrogen-bond donors (Lipinski definition) is 2. The van der Waals surface area contributed by atoms with Crippen LogP contribution in [0.25, 0.3) is 0 Å². The fourth-order valence-electron chi connectivity index (χ4n) is 1.60. The number of aromatic nitrogens is 3. The quantitative estimate of drug-likeness (QED) is 0.809. The number of benzene rings is 1. The third-order valence-electron chi connectivity index (χ3n) is 2.58. The summed E-state index contributed by atoms with van der Waals surface area (Å²) >= 11 is 1.23. The number of thioether (sulfide) groups is 1. The molecule has 0 fully saturated rings. The number of amides is 1. The summed E-state index contributed by atoms with van der Waals surface area (Å²) in [5.41, 5.74) is 6.51. The lowest BCUT2D eigenvalue weighted by Crippen LogP contribution is -2.28. The Morgan fingerprint density at radius 2 is 2.10 bits per heavy atom. The highest BCUT2D eigenvalue weighted by molar-refractivity contribution is 7.99. The van der Waals surface area contributed by atoms with Crippen molar-refractivity contribution in [3.63, 3.8) is 0 Å². The zero-order chi connectivity index (χ0) is 14.4. The molecule has 0 saturated carbocycles. The zero-order valence-electron chi connectivity index (χ0n) is 11.0. The highest BCUT2D eigenvalue weighted by Gasteiger charge is 2.10. The van der Waals surface area contributed by atoms with Crippen LogP contribution in [0, 0.1) is 0 Å². The Morgan fingerprint density at radius 1 is 1.35 bits per heavy atom. The van der Waals surface area contributed by atoms with Gasteiger partial charge in [0.25, 0.3) is 0 Å². The predicted octanol–water partition coefficient (Wildman–Crippen LogP) is 1.42. The molecule has 0 aliphatic carbocycles. The molecule has 0 spiro atoms. The Kier molecular flexibility index (Phi) is 4.89. The van der Waals surface area contributed by atoms with Gasteiger partial charge in [0.15, 0.2) is 5.16 Å². The van der Waals surface area contributed by atoms with Gasteiger partial charge in [-0.15, -0.1) is 0 Å². The van der Waals surface area contributed by atoms with Gasteiger partial charge in [0.1, 0.15) is 6.33 Å². The summed E-state index contributed by atoms with van der Waals surface area (Å²) in [5, 5.41) is 3.36. The Morgan fingerprint density at radius 3 is 2.80 bits per heavy atom. The Labute approximate surface area is 121 Å². The molecular weight excluding hydrogens is 274 g/mol. The third kappa shape index (κ3) is 4.20. The average Bonchev–Trinajstić information content (AvgIpc) is 2.46. The largest absolute Gasteiger partial charge is 0.368 e. The van der Waals surface area contributed by atoms with Crippen LogP contribution in [-0.2, 0) is 4.79 Å². The summed E-state index contributed by atoms with van der Waals surface area (Å²) in [6.45, 7) is 1.94. The molecular formula is C13H15N5OS. The topological polar surface area (TPSA) is 93.8 Å². The highest BCUT2D eigenvalue weighted by atomic mass is 32.2. The van der Waals surface area contributed by atoms with E-state index in [0.717, 1.165) is 5.56 Å². The van der Waals surface area contributed by atoms with Crippen LogP contribution in [-0.4, -0.2) is 26.6 Å². The lowest BCUT2D eigenvalue weighted by Gasteiger charge is -2.13. The molecule has 6 nitrogen and oxygen atoms in total. The molecule has 104 valence electrons. The zero-order valence-corrected chi connectivity index (χ0v) is 11.8. The first-order valence-electron chi connectivity index (χ1n) is 6.07. The van der Waals surface area contributed by atoms with Gasteiger partial charge in [-0.25, -0.2) is 9.97 Å². The fourth-order valence-corrected chi connectivity index (χ4v) is 2.22. The first kappa shape index (κ1) is 14.3. The number of rotatable bonds is 5. The third-order valence-corrected chi connectivity index (χ3v) is 3.44. The molecule has 2 aromatic rings. The van der Waals surface area contributed by atoms with Crippen LogP contribution in [0.2, 0.25) is 0 Å². The van der Waals surface area contributed by atoms with Gasteiger partial charge in [-0.2, -0.15) is 4.98 Å². The molecule has 2 rings (SSSR count). The van der Waals surface area contributed by atoms with Gasteiger partial charge in [-0.05, 0) is 12.5 Å². The van der Waals surface area contributed by atoms with Crippen molar-refractivity contribution < 1.29 is 4.79 Å². The molecule has 7 heteroatoms. The molecule has 1 atom stereocenters. The van der Waals surface area contributed by atoms with E-state index in [4.69, 9.17) is 5.73 Å². The maximum Gasteiger partial charge on any atom is 0.230 e. The molecule has 1 aromatic carbocycles. The molecule has 1 aromatic heterocycles. The molecule has 0 bridgehead atoms. The van der Waals surface area contributed by atoms with E-state index in [9.17, 15) is 4.79 Å². The molecule has 0 radical (unpaired) electrons. The number of anilines is 1.